The Morgan fingerprint density at radius 2 is 1.62 bits per heavy atom. The van der Waals surface area contributed by atoms with Gasteiger partial charge in [-0.2, -0.15) is 0 Å². The molecule has 3 aromatic carbocycles. The molecular formula is C22H21BrN2O3S. The van der Waals surface area contributed by atoms with Gasteiger partial charge in [0.1, 0.15) is 0 Å². The van der Waals surface area contributed by atoms with Gasteiger partial charge >= 0.3 is 0 Å². The summed E-state index contributed by atoms with van der Waals surface area (Å²) < 4.78 is 28.8. The van der Waals surface area contributed by atoms with Gasteiger partial charge in [0.25, 0.3) is 5.91 Å². The molecule has 3 aromatic rings. The van der Waals surface area contributed by atoms with Crippen molar-refractivity contribution in [1.82, 2.24) is 9.62 Å². The van der Waals surface area contributed by atoms with E-state index in [2.05, 4.69) is 20.7 Å². The minimum absolute atomic E-state index is 0.0660. The van der Waals surface area contributed by atoms with E-state index in [1.54, 1.807) is 24.1 Å². The Labute approximate surface area is 179 Å². The Morgan fingerprint density at radius 1 is 0.931 bits per heavy atom. The average molecular weight is 473 g/mol. The third kappa shape index (κ3) is 5.76. The van der Waals surface area contributed by atoms with Gasteiger partial charge in [0.2, 0.25) is 10.0 Å². The molecule has 0 spiro atoms. The van der Waals surface area contributed by atoms with E-state index < -0.39 is 10.0 Å². The number of nitrogens with zero attached hydrogens (tertiary/aromatic N) is 1. The van der Waals surface area contributed by atoms with Crippen LogP contribution in [0.3, 0.4) is 0 Å². The van der Waals surface area contributed by atoms with Gasteiger partial charge in [0, 0.05) is 30.2 Å². The average Bonchev–Trinajstić information content (AvgIpc) is 2.74. The van der Waals surface area contributed by atoms with Gasteiger partial charge in [-0.3, -0.25) is 4.79 Å². The lowest BCUT2D eigenvalue weighted by molar-refractivity contribution is 0.0785. The first-order valence-electron chi connectivity index (χ1n) is 8.99. The minimum Gasteiger partial charge on any atom is -0.337 e. The van der Waals surface area contributed by atoms with Crippen LogP contribution < -0.4 is 4.72 Å². The van der Waals surface area contributed by atoms with Gasteiger partial charge in [-0.15, -0.1) is 0 Å². The number of hydrogen-bond acceptors (Lipinski definition) is 3. The van der Waals surface area contributed by atoms with Crippen LogP contribution in [0.4, 0.5) is 0 Å². The molecule has 5 nitrogen and oxygen atoms in total. The molecule has 1 amide bonds. The first-order chi connectivity index (χ1) is 13.8. The third-order valence-electron chi connectivity index (χ3n) is 4.38. The lowest BCUT2D eigenvalue weighted by Gasteiger charge is -2.18. The summed E-state index contributed by atoms with van der Waals surface area (Å²) in [4.78, 5) is 14.4. The minimum atomic E-state index is -3.73. The van der Waals surface area contributed by atoms with Crippen LogP contribution in [0.2, 0.25) is 0 Å². The maximum atomic E-state index is 12.8. The Morgan fingerprint density at radius 3 is 2.31 bits per heavy atom. The molecular weight excluding hydrogens is 452 g/mol. The van der Waals surface area contributed by atoms with Crippen LogP contribution in [0, 0.1) is 0 Å². The molecule has 0 aromatic heterocycles. The lowest BCUT2D eigenvalue weighted by Crippen LogP contribution is -2.27. The first-order valence-corrected chi connectivity index (χ1v) is 11.3. The van der Waals surface area contributed by atoms with Crippen molar-refractivity contribution in [1.29, 1.82) is 0 Å². The SMILES string of the molecule is CN(Cc1ccc(Br)cc1)C(=O)c1cccc(S(=O)(=O)NCc2ccccc2)c1. The molecule has 0 heterocycles. The van der Waals surface area contributed by atoms with Gasteiger partial charge in [0.15, 0.2) is 0 Å². The highest BCUT2D eigenvalue weighted by Crippen LogP contribution is 2.16. The number of carbonyl (C=O) groups is 1. The summed E-state index contributed by atoms with van der Waals surface area (Å²) in [6.45, 7) is 0.611. The molecule has 0 fully saturated rings. The van der Waals surface area contributed by atoms with Crippen molar-refractivity contribution in [3.05, 3.63) is 100 Å². The highest BCUT2D eigenvalue weighted by Gasteiger charge is 2.18. The van der Waals surface area contributed by atoms with E-state index in [4.69, 9.17) is 0 Å². The standard InChI is InChI=1S/C22H21BrN2O3S/c1-25(16-18-10-12-20(23)13-11-18)22(26)19-8-5-9-21(14-19)29(27,28)24-15-17-6-3-2-4-7-17/h2-14,24H,15-16H2,1H3. The van der Waals surface area contributed by atoms with Crippen molar-refractivity contribution in [3.63, 3.8) is 0 Å². The molecule has 0 bridgehead atoms. The van der Waals surface area contributed by atoms with Crippen LogP contribution in [-0.2, 0) is 23.1 Å². The van der Waals surface area contributed by atoms with E-state index in [1.807, 2.05) is 54.6 Å². The number of benzene rings is 3. The summed E-state index contributed by atoms with van der Waals surface area (Å²) in [6.07, 6.45) is 0. The van der Waals surface area contributed by atoms with Crippen LogP contribution >= 0.6 is 15.9 Å². The predicted octanol–water partition coefficient (Wildman–Crippen LogP) is 4.20. The molecule has 3 rings (SSSR count). The van der Waals surface area contributed by atoms with Gasteiger partial charge < -0.3 is 4.90 Å². The van der Waals surface area contributed by atoms with Crippen molar-refractivity contribution < 1.29 is 13.2 Å². The molecule has 1 N–H and O–H groups in total. The molecule has 7 heteroatoms. The molecule has 0 saturated heterocycles. The zero-order chi connectivity index (χ0) is 20.9. The van der Waals surface area contributed by atoms with E-state index >= 15 is 0 Å². The smallest absolute Gasteiger partial charge is 0.253 e. The van der Waals surface area contributed by atoms with Crippen molar-refractivity contribution in [2.45, 2.75) is 18.0 Å². The largest absolute Gasteiger partial charge is 0.337 e. The van der Waals surface area contributed by atoms with Crippen molar-refractivity contribution in [2.24, 2.45) is 0 Å². The maximum absolute atomic E-state index is 12.8. The number of sulfonamides is 1. The normalized spacial score (nSPS) is 11.2. The van der Waals surface area contributed by atoms with E-state index in [0.29, 0.717) is 12.1 Å². The topological polar surface area (TPSA) is 66.5 Å². The molecule has 0 aliphatic rings. The van der Waals surface area contributed by atoms with E-state index in [1.165, 1.54) is 12.1 Å². The fraction of sp³-hybridized carbons (Fsp3) is 0.136. The Balaban J connectivity index is 1.72. The second kappa shape index (κ2) is 9.35. The molecule has 0 aliphatic heterocycles. The van der Waals surface area contributed by atoms with Crippen LogP contribution in [0.5, 0.6) is 0 Å². The van der Waals surface area contributed by atoms with E-state index in [-0.39, 0.29) is 17.3 Å². The number of nitrogens with one attached hydrogen (secondary N) is 1. The summed E-state index contributed by atoms with van der Waals surface area (Å²) in [5.74, 6) is -0.243. The first kappa shape index (κ1) is 21.2. The molecule has 0 aliphatic carbocycles. The fourth-order valence-electron chi connectivity index (χ4n) is 2.81. The van der Waals surface area contributed by atoms with Crippen molar-refractivity contribution in [3.8, 4) is 0 Å². The zero-order valence-electron chi connectivity index (χ0n) is 15.9. The molecule has 0 saturated carbocycles. The highest BCUT2D eigenvalue weighted by atomic mass is 79.9. The summed E-state index contributed by atoms with van der Waals surface area (Å²) in [6, 6.07) is 23.1. The molecule has 0 atom stereocenters. The second-order valence-electron chi connectivity index (χ2n) is 6.63. The van der Waals surface area contributed by atoms with Crippen molar-refractivity contribution >= 4 is 31.9 Å². The predicted molar refractivity (Wildman–Crippen MR) is 117 cm³/mol. The van der Waals surface area contributed by atoms with Crippen molar-refractivity contribution in [2.75, 3.05) is 7.05 Å². The van der Waals surface area contributed by atoms with Crippen LogP contribution in [0.25, 0.3) is 0 Å². The van der Waals surface area contributed by atoms with Gasteiger partial charge in [0.05, 0.1) is 4.90 Å². The van der Waals surface area contributed by atoms with Gasteiger partial charge in [-0.05, 0) is 41.5 Å². The summed E-state index contributed by atoms with van der Waals surface area (Å²) >= 11 is 3.39. The Hall–Kier alpha value is -2.48. The van der Waals surface area contributed by atoms with Crippen LogP contribution in [-0.4, -0.2) is 26.3 Å². The quantitative estimate of drug-likeness (QED) is 0.560. The number of rotatable bonds is 7. The maximum Gasteiger partial charge on any atom is 0.253 e. The number of halogens is 1. The zero-order valence-corrected chi connectivity index (χ0v) is 18.3. The summed E-state index contributed by atoms with van der Waals surface area (Å²) in [5, 5.41) is 0. The molecule has 150 valence electrons. The fourth-order valence-corrected chi connectivity index (χ4v) is 4.14. The second-order valence-corrected chi connectivity index (χ2v) is 9.31. The van der Waals surface area contributed by atoms with Crippen LogP contribution in [0.1, 0.15) is 21.5 Å². The highest BCUT2D eigenvalue weighted by molar-refractivity contribution is 9.10. The van der Waals surface area contributed by atoms with E-state index in [9.17, 15) is 13.2 Å². The van der Waals surface area contributed by atoms with Gasteiger partial charge in [-0.1, -0.05) is 64.5 Å². The molecule has 29 heavy (non-hydrogen) atoms. The lowest BCUT2D eigenvalue weighted by atomic mass is 10.1. The summed E-state index contributed by atoms with van der Waals surface area (Å²) in [7, 11) is -2.04. The monoisotopic (exact) mass is 472 g/mol. The number of amides is 1. The van der Waals surface area contributed by atoms with Gasteiger partial charge in [-0.25, -0.2) is 13.1 Å². The number of hydrogen-bond donors (Lipinski definition) is 1. The molecule has 0 unspecified atom stereocenters. The molecule has 0 radical (unpaired) electrons. The van der Waals surface area contributed by atoms with E-state index in [0.717, 1.165) is 15.6 Å². The Kier molecular flexibility index (Phi) is 6.84. The summed E-state index contributed by atoms with van der Waals surface area (Å²) in [5.41, 5.74) is 2.17. The number of carbonyl (C=O) groups excluding carboxylic acids is 1. The van der Waals surface area contributed by atoms with Crippen LogP contribution in [0.15, 0.2) is 88.2 Å². The third-order valence-corrected chi connectivity index (χ3v) is 6.31. The Bertz CT molecular complexity index is 1080.